The van der Waals surface area contributed by atoms with E-state index in [1.165, 1.54) is 83.7 Å². The first-order valence-corrected chi connectivity index (χ1v) is 24.2. The van der Waals surface area contributed by atoms with E-state index in [4.69, 9.17) is 43.5 Å². The average molecular weight is 1090 g/mol. The first-order valence-electron chi connectivity index (χ1n) is 21.8. The number of thiophene rings is 2. The number of pyridine rings is 3. The van der Waals surface area contributed by atoms with E-state index in [0.29, 0.717) is 57.6 Å². The zero-order chi connectivity index (χ0) is 51.9. The second-order valence-corrected chi connectivity index (χ2v) is 18.8. The standard InChI is InChI=1S/C23H19ClN2O4S.C15H14ClNO2S.C8H7NO3.C6H5NO2.ClH/c1-13(27)19-4-5-20(31-19)15-8-16-9-17(30-23(16)18(24)10-15)12-26-22(29)7-3-14-2-6-21(28)25-11-14;1-8(18)13-2-3-14(20-13)9-4-10-5-11(7-17)19-15(10)12(16)6-9;10-7-3-1-6(5-9-7)2-4-8(11)12;8-4-5-1-2-6(9)7-3-5;/h2-8,10-11,17H,9,12H2,1H3,(H,25,28)(H,26,29);2-4,6,11H,5,7,17H2,1H3;1-5H,(H,9,10)(H,11,12);1-4H,(H,7,9);1H/b7-3+;;4-2+;;. The summed E-state index contributed by atoms with van der Waals surface area (Å²) in [5.41, 5.74) is 10.9. The van der Waals surface area contributed by atoms with Crippen LogP contribution in [0.1, 0.15) is 65.8 Å². The number of aromatic amines is 3. The molecule has 2 atom stereocenters. The average Bonchev–Trinajstić information content (AvgIpc) is 4.21. The zero-order valence-electron chi connectivity index (χ0n) is 38.8. The maximum Gasteiger partial charge on any atom is 0.328 e. The molecule has 7 heterocycles. The largest absolute Gasteiger partial charge is 0.487 e. The Balaban J connectivity index is 0.000000200. The summed E-state index contributed by atoms with van der Waals surface area (Å²) in [5, 5.41) is 12.2. The minimum absolute atomic E-state index is 0. The van der Waals surface area contributed by atoms with E-state index in [1.54, 1.807) is 26.0 Å². The number of hydrogen-bond donors (Lipinski definition) is 6. The molecule has 0 saturated heterocycles. The van der Waals surface area contributed by atoms with Crippen LogP contribution in [0.5, 0.6) is 11.5 Å². The number of fused-ring (bicyclic) bond motifs is 2. The third-order valence-corrected chi connectivity index (χ3v) is 13.4. The summed E-state index contributed by atoms with van der Waals surface area (Å²) < 4.78 is 11.7. The van der Waals surface area contributed by atoms with E-state index in [9.17, 15) is 38.4 Å². The van der Waals surface area contributed by atoms with Crippen molar-refractivity contribution in [3.05, 3.63) is 194 Å². The smallest absolute Gasteiger partial charge is 0.328 e. The van der Waals surface area contributed by atoms with Crippen LogP contribution in [0.15, 0.2) is 130 Å². The Bertz CT molecular complexity index is 3320. The van der Waals surface area contributed by atoms with Gasteiger partial charge in [-0.3, -0.25) is 33.6 Å². The van der Waals surface area contributed by atoms with Gasteiger partial charge in [-0.1, -0.05) is 23.2 Å². The maximum absolute atomic E-state index is 12.1. The first-order chi connectivity index (χ1) is 34.5. The van der Waals surface area contributed by atoms with E-state index < -0.39 is 5.97 Å². The number of nitrogens with one attached hydrogen (secondary N) is 4. The highest BCUT2D eigenvalue weighted by molar-refractivity contribution is 7.17. The minimum atomic E-state index is -1.01. The molecule has 2 unspecified atom stereocenters. The van der Waals surface area contributed by atoms with Crippen LogP contribution in [0.2, 0.25) is 10.0 Å². The highest BCUT2D eigenvalue weighted by Crippen LogP contribution is 2.42. The molecule has 0 spiro atoms. The number of carbonyl (C=O) groups is 5. The van der Waals surface area contributed by atoms with E-state index in [1.807, 2.05) is 42.5 Å². The summed E-state index contributed by atoms with van der Waals surface area (Å²) in [7, 11) is 0. The Morgan fingerprint density at radius 2 is 1.11 bits per heavy atom. The molecule has 0 bridgehead atoms. The van der Waals surface area contributed by atoms with Gasteiger partial charge in [-0.2, -0.15) is 0 Å². The molecule has 0 aliphatic carbocycles. The Morgan fingerprint density at radius 3 is 1.51 bits per heavy atom. The molecule has 378 valence electrons. The van der Waals surface area contributed by atoms with Crippen molar-refractivity contribution in [3.8, 4) is 32.4 Å². The lowest BCUT2D eigenvalue weighted by Crippen LogP contribution is -2.33. The maximum atomic E-state index is 12.1. The van der Waals surface area contributed by atoms with E-state index >= 15 is 0 Å². The molecular formula is C52H46Cl3N5O11S2. The van der Waals surface area contributed by atoms with Crippen molar-refractivity contribution in [2.45, 2.75) is 38.9 Å². The van der Waals surface area contributed by atoms with Gasteiger partial charge in [0, 0.05) is 94.8 Å². The molecule has 0 radical (unpaired) electrons. The van der Waals surface area contributed by atoms with Gasteiger partial charge < -0.3 is 40.6 Å². The van der Waals surface area contributed by atoms with Crippen LogP contribution >= 0.6 is 58.3 Å². The number of nitrogens with two attached hydrogens (primary N) is 1. The number of amides is 1. The van der Waals surface area contributed by atoms with Crippen molar-refractivity contribution < 1.29 is 38.6 Å². The lowest BCUT2D eigenvalue weighted by atomic mass is 10.1. The molecule has 0 fully saturated rings. The second kappa shape index (κ2) is 26.8. The first kappa shape index (κ1) is 56.5. The number of Topliss-reactive ketones (excluding diaryl/α,β-unsaturated/α-hetero) is 2. The number of ketones is 2. The number of aliphatic carboxylic acids is 1. The van der Waals surface area contributed by atoms with Crippen LogP contribution in [-0.2, 0) is 22.4 Å². The Kier molecular flexibility index (Phi) is 20.8. The molecule has 2 aromatic carbocycles. The van der Waals surface area contributed by atoms with Gasteiger partial charge in [0.25, 0.3) is 0 Å². The van der Waals surface area contributed by atoms with Crippen LogP contribution in [0.4, 0.5) is 0 Å². The number of carboxylic acids is 1. The molecule has 2 aliphatic rings. The predicted octanol–water partition coefficient (Wildman–Crippen LogP) is 8.71. The summed E-state index contributed by atoms with van der Waals surface area (Å²) in [6, 6.07) is 24.0. The number of benzene rings is 2. The van der Waals surface area contributed by atoms with Crippen molar-refractivity contribution in [2.75, 3.05) is 13.1 Å². The lowest BCUT2D eigenvalue weighted by molar-refractivity contribution is -0.131. The number of aromatic nitrogens is 3. The number of carbonyl (C=O) groups excluding carboxylic acids is 4. The fourth-order valence-corrected chi connectivity index (χ4v) is 9.17. The van der Waals surface area contributed by atoms with Gasteiger partial charge in [-0.15, -0.1) is 35.1 Å². The van der Waals surface area contributed by atoms with E-state index in [2.05, 4.69) is 26.3 Å². The number of aldehydes is 1. The number of rotatable bonds is 12. The van der Waals surface area contributed by atoms with Crippen LogP contribution in [-0.4, -0.2) is 75.1 Å². The molecule has 16 nitrogen and oxygen atoms in total. The van der Waals surface area contributed by atoms with Gasteiger partial charge in [0.1, 0.15) is 23.7 Å². The van der Waals surface area contributed by atoms with Crippen molar-refractivity contribution in [3.63, 3.8) is 0 Å². The molecular weight excluding hydrogens is 1040 g/mol. The minimum Gasteiger partial charge on any atom is -0.487 e. The summed E-state index contributed by atoms with van der Waals surface area (Å²) in [4.78, 5) is 97.9. The third-order valence-electron chi connectivity index (χ3n) is 10.4. The van der Waals surface area contributed by atoms with E-state index in [-0.39, 0.29) is 58.8 Å². The Labute approximate surface area is 441 Å². The highest BCUT2D eigenvalue weighted by atomic mass is 35.5. The number of halogens is 3. The number of ether oxygens (including phenoxy) is 2. The quantitative estimate of drug-likeness (QED) is 0.0381. The summed E-state index contributed by atoms with van der Waals surface area (Å²) >= 11 is 15.6. The summed E-state index contributed by atoms with van der Waals surface area (Å²) in [6.45, 7) is 3.94. The fraction of sp³-hybridized carbons (Fsp3) is 0.154. The van der Waals surface area contributed by atoms with Crippen LogP contribution in [0.25, 0.3) is 33.0 Å². The molecule has 7 aromatic rings. The zero-order valence-corrected chi connectivity index (χ0v) is 42.7. The van der Waals surface area contributed by atoms with Crippen LogP contribution in [0, 0.1) is 0 Å². The summed E-state index contributed by atoms with van der Waals surface area (Å²) in [6.07, 6.45) is 11.7. The van der Waals surface area contributed by atoms with Crippen LogP contribution in [0.3, 0.4) is 0 Å². The number of H-pyrrole nitrogens is 3. The Hall–Kier alpha value is -7.45. The molecule has 21 heteroatoms. The van der Waals surface area contributed by atoms with E-state index in [0.717, 1.165) is 60.7 Å². The second-order valence-electron chi connectivity index (χ2n) is 15.8. The van der Waals surface area contributed by atoms with Crippen molar-refractivity contribution in [2.24, 2.45) is 5.73 Å². The SMILES string of the molecule is CC(=O)c1ccc(-c2cc(Cl)c3c(c2)CC(CN)O3)s1.CC(=O)c1ccc(-c2cc(Cl)c3c(c2)CC(CNC(=O)/C=C/c2ccc(=O)[nH]c2)O3)s1.Cl.O=C(O)/C=C/c1ccc(=O)[nH]c1.O=Cc1ccc(=O)[nH]c1. The fourth-order valence-electron chi connectivity index (χ4n) is 6.83. The molecule has 73 heavy (non-hydrogen) atoms. The van der Waals surface area contributed by atoms with Crippen molar-refractivity contribution in [1.82, 2.24) is 20.3 Å². The van der Waals surface area contributed by atoms with Gasteiger partial charge in [0.05, 0.1) is 26.3 Å². The van der Waals surface area contributed by atoms with Gasteiger partial charge in [-0.05, 0) is 115 Å². The van der Waals surface area contributed by atoms with Gasteiger partial charge >= 0.3 is 5.97 Å². The third kappa shape index (κ3) is 16.5. The molecule has 0 saturated carbocycles. The monoisotopic (exact) mass is 1090 g/mol. The molecule has 2 aliphatic heterocycles. The van der Waals surface area contributed by atoms with Gasteiger partial charge in [0.2, 0.25) is 22.6 Å². The number of hydrogen-bond acceptors (Lipinski definition) is 13. The van der Waals surface area contributed by atoms with Crippen molar-refractivity contribution >= 4 is 100 Å². The van der Waals surface area contributed by atoms with Crippen LogP contribution < -0.4 is 37.2 Å². The predicted molar refractivity (Wildman–Crippen MR) is 287 cm³/mol. The molecule has 9 rings (SSSR count). The van der Waals surface area contributed by atoms with Crippen molar-refractivity contribution in [1.29, 1.82) is 0 Å². The van der Waals surface area contributed by atoms with Gasteiger partial charge in [-0.25, -0.2) is 4.79 Å². The van der Waals surface area contributed by atoms with Gasteiger partial charge in [0.15, 0.2) is 17.9 Å². The topological polar surface area (TPSA) is 261 Å². The highest BCUT2D eigenvalue weighted by Gasteiger charge is 2.27. The molecule has 1 amide bonds. The normalized spacial score (nSPS) is 13.8. The Morgan fingerprint density at radius 1 is 0.671 bits per heavy atom. The lowest BCUT2D eigenvalue weighted by Gasteiger charge is -2.11. The summed E-state index contributed by atoms with van der Waals surface area (Å²) in [5.74, 6) is 0.234. The number of carboxylic acid groups (broad SMARTS) is 1. The molecule has 5 aromatic heterocycles. The molecule has 7 N–H and O–H groups in total.